The van der Waals surface area contributed by atoms with Crippen LogP contribution in [0.25, 0.3) is 0 Å². The molecule has 0 aromatic heterocycles. The van der Waals surface area contributed by atoms with E-state index in [9.17, 15) is 67.7 Å². The number of hydrogen-bond acceptors (Lipinski definition) is 8. The maximum Gasteiger partial charge on any atom is 0.430 e. The molecule has 20 heteroatoms. The molecule has 4 aromatic carbocycles. The summed E-state index contributed by atoms with van der Waals surface area (Å²) in [6, 6.07) is 20.4. The fourth-order valence-corrected chi connectivity index (χ4v) is 6.60. The lowest BCUT2D eigenvalue weighted by molar-refractivity contribution is -0.376. The fraction of sp³-hybridized carbons (Fsp3) is 0.333. The van der Waals surface area contributed by atoms with Gasteiger partial charge in [-0.25, -0.2) is 0 Å². The molecule has 0 saturated heterocycles. The van der Waals surface area contributed by atoms with E-state index in [-0.39, 0.29) is 19.3 Å². The van der Waals surface area contributed by atoms with Gasteiger partial charge in [-0.05, 0) is 52.8 Å². The molecule has 8 nitrogen and oxygen atoms in total. The molecule has 59 heavy (non-hydrogen) atoms. The van der Waals surface area contributed by atoms with Crippen LogP contribution in [0.1, 0.15) is 38.9 Å². The molecule has 2 aliphatic heterocycles. The zero-order chi connectivity index (χ0) is 44.0. The summed E-state index contributed by atoms with van der Waals surface area (Å²) in [5.41, 5.74) is -6.47. The van der Waals surface area contributed by atoms with Gasteiger partial charge in [0.1, 0.15) is 6.61 Å². The molecule has 0 spiro atoms. The maximum absolute atomic E-state index is 13.0. The van der Waals surface area contributed by atoms with Crippen molar-refractivity contribution in [3.63, 3.8) is 0 Å². The Kier molecular flexibility index (Phi) is 13.8. The lowest BCUT2D eigenvalue weighted by Crippen LogP contribution is -2.53. The highest BCUT2D eigenvalue weighted by molar-refractivity contribution is 5.60. The molecule has 0 atom stereocenters. The van der Waals surface area contributed by atoms with Gasteiger partial charge in [0.15, 0.2) is 0 Å². The lowest BCUT2D eigenvalue weighted by atomic mass is 9.91. The number of carbonyl (C=O) groups is 1. The third-order valence-corrected chi connectivity index (χ3v) is 9.57. The van der Waals surface area contributed by atoms with Crippen molar-refractivity contribution in [2.24, 2.45) is 0 Å². The highest BCUT2D eigenvalue weighted by Gasteiger charge is 2.72. The summed E-state index contributed by atoms with van der Waals surface area (Å²) in [6.07, 6.45) is -21.8. The number of hydrogen-bond donors (Lipinski definition) is 2. The van der Waals surface area contributed by atoms with Crippen LogP contribution in [-0.4, -0.2) is 60.6 Å². The van der Waals surface area contributed by atoms with E-state index in [0.717, 1.165) is 53.2 Å². The first-order valence-electron chi connectivity index (χ1n) is 17.1. The van der Waals surface area contributed by atoms with Gasteiger partial charge in [0.25, 0.3) is 17.7 Å². The molecule has 0 amide bonds. The van der Waals surface area contributed by atoms with Gasteiger partial charge in [0, 0.05) is 48.7 Å². The van der Waals surface area contributed by atoms with E-state index >= 15 is 0 Å². The SMILES string of the molecule is O=C=O.O=COCc1ccc2c(c1)CCN2Cc1ccc(C(O)(C(F)(F)F)C(F)(F)F)cc1.OC(c1ccc(CN2CCc3ccccc32)cc1)(C(F)(F)F)C(F)(F)F. The number of carbonyl (C=O) groups excluding carboxylic acids is 3. The van der Waals surface area contributed by atoms with E-state index in [1.807, 2.05) is 46.2 Å². The van der Waals surface area contributed by atoms with Crippen molar-refractivity contribution in [1.29, 1.82) is 0 Å². The minimum atomic E-state index is -5.91. The summed E-state index contributed by atoms with van der Waals surface area (Å²) in [5, 5.41) is 18.9. The highest BCUT2D eigenvalue weighted by Crippen LogP contribution is 2.51. The van der Waals surface area contributed by atoms with E-state index in [1.165, 1.54) is 12.1 Å². The van der Waals surface area contributed by atoms with Crippen LogP contribution in [0, 0.1) is 0 Å². The second-order valence-corrected chi connectivity index (χ2v) is 13.2. The Labute approximate surface area is 327 Å². The first-order chi connectivity index (χ1) is 27.4. The number of nitrogens with zero attached hydrogens (tertiary/aromatic N) is 2. The molecular formula is C39H32F12N2O6. The average molecular weight is 853 g/mol. The van der Waals surface area contributed by atoms with Gasteiger partial charge in [0.05, 0.1) is 0 Å². The fourth-order valence-electron chi connectivity index (χ4n) is 6.60. The molecule has 0 fully saturated rings. The largest absolute Gasteiger partial charge is 0.463 e. The molecule has 0 saturated carbocycles. The Morgan fingerprint density at radius 1 is 0.559 bits per heavy atom. The summed E-state index contributed by atoms with van der Waals surface area (Å²) in [4.78, 5) is 30.5. The molecule has 4 aromatic rings. The van der Waals surface area contributed by atoms with Crippen LogP contribution < -0.4 is 9.80 Å². The summed E-state index contributed by atoms with van der Waals surface area (Å²) >= 11 is 0. The monoisotopic (exact) mass is 852 g/mol. The topological polar surface area (TPSA) is 107 Å². The van der Waals surface area contributed by atoms with Crippen molar-refractivity contribution >= 4 is 24.0 Å². The minimum Gasteiger partial charge on any atom is -0.463 e. The van der Waals surface area contributed by atoms with Crippen molar-refractivity contribution in [1.82, 2.24) is 0 Å². The predicted octanol–water partition coefficient (Wildman–Crippen LogP) is 8.21. The minimum absolute atomic E-state index is 0.138. The van der Waals surface area contributed by atoms with E-state index in [0.29, 0.717) is 61.4 Å². The Morgan fingerprint density at radius 2 is 0.932 bits per heavy atom. The number of benzene rings is 4. The van der Waals surface area contributed by atoms with E-state index in [2.05, 4.69) is 0 Å². The summed E-state index contributed by atoms with van der Waals surface area (Å²) in [6.45, 7) is 2.45. The van der Waals surface area contributed by atoms with Crippen molar-refractivity contribution in [3.8, 4) is 0 Å². The molecule has 2 N–H and O–H groups in total. The van der Waals surface area contributed by atoms with Gasteiger partial charge in [-0.2, -0.15) is 62.3 Å². The smallest absolute Gasteiger partial charge is 0.430 e. The summed E-state index contributed by atoms with van der Waals surface area (Å²) in [5.74, 6) is 0. The van der Waals surface area contributed by atoms with Gasteiger partial charge < -0.3 is 24.7 Å². The quantitative estimate of drug-likeness (QED) is 0.128. The number of fused-ring (bicyclic) bond motifs is 2. The van der Waals surface area contributed by atoms with Gasteiger partial charge in [-0.3, -0.25) is 4.79 Å². The third-order valence-electron chi connectivity index (χ3n) is 9.57. The Morgan fingerprint density at radius 3 is 1.34 bits per heavy atom. The van der Waals surface area contributed by atoms with Crippen molar-refractivity contribution in [2.45, 2.75) is 68.4 Å². The van der Waals surface area contributed by atoms with Crippen molar-refractivity contribution in [3.05, 3.63) is 130 Å². The Bertz CT molecular complexity index is 2050. The molecular weight excluding hydrogens is 820 g/mol. The number of anilines is 2. The number of para-hydroxylation sites is 1. The second kappa shape index (κ2) is 17.7. The zero-order valence-electron chi connectivity index (χ0n) is 30.1. The molecule has 0 aliphatic carbocycles. The van der Waals surface area contributed by atoms with E-state index in [4.69, 9.17) is 14.3 Å². The van der Waals surface area contributed by atoms with Crippen LogP contribution in [0.3, 0.4) is 0 Å². The molecule has 0 unspecified atom stereocenters. The molecule has 2 heterocycles. The first kappa shape index (κ1) is 46.1. The molecule has 0 bridgehead atoms. The van der Waals surface area contributed by atoms with Crippen LogP contribution >= 0.6 is 0 Å². The van der Waals surface area contributed by atoms with Crippen molar-refractivity contribution < 1.29 is 82.0 Å². The van der Waals surface area contributed by atoms with Crippen molar-refractivity contribution in [2.75, 3.05) is 22.9 Å². The predicted molar refractivity (Wildman–Crippen MR) is 183 cm³/mol. The Hall–Kier alpha value is -5.59. The highest BCUT2D eigenvalue weighted by atomic mass is 19.4. The number of aliphatic hydroxyl groups is 2. The number of halogens is 12. The third kappa shape index (κ3) is 9.83. The van der Waals surface area contributed by atoms with Crippen LogP contribution in [0.15, 0.2) is 91.0 Å². The van der Waals surface area contributed by atoms with Crippen LogP contribution in [0.4, 0.5) is 64.1 Å². The number of ether oxygens (including phenoxy) is 1. The molecule has 318 valence electrons. The number of rotatable bonds is 9. The first-order valence-corrected chi connectivity index (χ1v) is 17.1. The van der Waals surface area contributed by atoms with Crippen LogP contribution in [-0.2, 0) is 62.9 Å². The van der Waals surface area contributed by atoms with Crippen LogP contribution in [0.5, 0.6) is 0 Å². The van der Waals surface area contributed by atoms with E-state index in [1.54, 1.807) is 6.07 Å². The van der Waals surface area contributed by atoms with Gasteiger partial charge in [-0.1, -0.05) is 78.9 Å². The summed E-state index contributed by atoms with van der Waals surface area (Å²) in [7, 11) is 0. The van der Waals surface area contributed by atoms with Gasteiger partial charge in [-0.15, -0.1) is 0 Å². The van der Waals surface area contributed by atoms with E-state index < -0.39 is 47.0 Å². The number of alkyl halides is 12. The second-order valence-electron chi connectivity index (χ2n) is 13.2. The Balaban J connectivity index is 0.000000246. The standard InChI is InChI=1S/C20H17F6NO3.C18H15F6NO.CO2/c21-19(22,23)18(29,20(24,25)26)16-4-1-13(2-5-16)10-27-8-7-15-9-14(11-30-12-28)3-6-17(15)27;19-17(20,21)16(26,18(22,23)24)14-7-5-12(6-8-14)11-25-10-9-13-3-1-2-4-15(13)25;2-1-3/h1-6,9,12,29H,7-8,10-11H2;1-8,26H,9-11H2;. The molecule has 6 rings (SSSR count). The average Bonchev–Trinajstić information content (AvgIpc) is 3.76. The molecule has 2 aliphatic rings. The van der Waals surface area contributed by atoms with Gasteiger partial charge in [0.2, 0.25) is 0 Å². The lowest BCUT2D eigenvalue weighted by Gasteiger charge is -2.32. The normalized spacial score (nSPS) is 14.3. The summed E-state index contributed by atoms with van der Waals surface area (Å²) < 4.78 is 160. The molecule has 0 radical (unpaired) electrons. The zero-order valence-corrected chi connectivity index (χ0v) is 30.1. The van der Waals surface area contributed by atoms with Gasteiger partial charge >= 0.3 is 30.9 Å². The van der Waals surface area contributed by atoms with Crippen LogP contribution in [0.2, 0.25) is 0 Å². The maximum atomic E-state index is 13.0.